The lowest BCUT2D eigenvalue weighted by Gasteiger charge is -2.31. The maximum absolute atomic E-state index is 2.34. The molecule has 0 N–H and O–H groups in total. The fourth-order valence-electron chi connectivity index (χ4n) is 5.19. The minimum atomic E-state index is -2.21. The average Bonchev–Trinajstić information content (AvgIpc) is 3.04. The first-order chi connectivity index (χ1) is 19.3. The quantitative estimate of drug-likeness (QED) is 0.196. The van der Waals surface area contributed by atoms with E-state index in [2.05, 4.69) is 192 Å². The van der Waals surface area contributed by atoms with Gasteiger partial charge in [0.25, 0.3) is 0 Å². The van der Waals surface area contributed by atoms with Crippen LogP contribution in [0.15, 0.2) is 182 Å². The number of rotatable bonds is 6. The highest BCUT2D eigenvalue weighted by molar-refractivity contribution is 8.51. The second kappa shape index (κ2) is 11.6. The van der Waals surface area contributed by atoms with Gasteiger partial charge in [-0.25, -0.2) is 0 Å². The summed E-state index contributed by atoms with van der Waals surface area (Å²) in [5.41, 5.74) is 0. The second-order valence-corrected chi connectivity index (χ2v) is 20.3. The van der Waals surface area contributed by atoms with Crippen LogP contribution in [0.4, 0.5) is 0 Å². The van der Waals surface area contributed by atoms with Crippen LogP contribution in [-0.4, -0.2) is 0 Å². The fraction of sp³-hybridized carbons (Fsp3) is 0. The Morgan fingerprint density at radius 3 is 0.538 bits per heavy atom. The first-order valence-corrected chi connectivity index (χ1v) is 18.8. The van der Waals surface area contributed by atoms with Gasteiger partial charge in [0.05, 0.1) is 0 Å². The maximum Gasteiger partial charge on any atom is 0.0273 e. The van der Waals surface area contributed by atoms with Gasteiger partial charge in [0.15, 0.2) is 0 Å². The summed E-state index contributed by atoms with van der Waals surface area (Å²) >= 11 is 0. The van der Waals surface area contributed by atoms with Crippen LogP contribution in [0.3, 0.4) is 0 Å². The number of hydrogen-bond donors (Lipinski definition) is 0. The highest BCUT2D eigenvalue weighted by atomic mass is 32.7. The van der Waals surface area contributed by atoms with Gasteiger partial charge in [-0.1, -0.05) is 182 Å². The minimum Gasteiger partial charge on any atom is -0.139 e. The van der Waals surface area contributed by atoms with Crippen molar-refractivity contribution in [3.63, 3.8) is 0 Å². The van der Waals surface area contributed by atoms with Crippen molar-refractivity contribution in [1.82, 2.24) is 0 Å². The first-order valence-electron chi connectivity index (χ1n) is 13.2. The Bertz CT molecular complexity index is 1420. The summed E-state index contributed by atoms with van der Waals surface area (Å²) in [5.74, 6) is 0. The van der Waals surface area contributed by atoms with Crippen LogP contribution in [-0.2, 0) is 10.1 Å². The Balaban J connectivity index is 2.02. The van der Waals surface area contributed by atoms with Gasteiger partial charge in [0, 0.05) is 12.1 Å². The van der Waals surface area contributed by atoms with E-state index in [0.717, 1.165) is 0 Å². The molecule has 0 nitrogen and oxygen atoms in total. The topological polar surface area (TPSA) is 0 Å². The normalized spacial score (nSPS) is 11.6. The molecule has 6 aromatic rings. The van der Waals surface area contributed by atoms with E-state index in [9.17, 15) is 0 Å². The fourth-order valence-corrected chi connectivity index (χ4v) is 24.9. The molecular formula is C36H30P2S. The van der Waals surface area contributed by atoms with Crippen molar-refractivity contribution in [2.75, 3.05) is 0 Å². The molecule has 0 aromatic heterocycles. The molecule has 6 rings (SSSR count). The van der Waals surface area contributed by atoms with E-state index in [0.29, 0.717) is 0 Å². The second-order valence-electron chi connectivity index (χ2n) is 9.31. The highest BCUT2D eigenvalue weighted by Crippen LogP contribution is 2.53. The first kappa shape index (κ1) is 25.7. The summed E-state index contributed by atoms with van der Waals surface area (Å²) in [7, 11) is 2.23. The molecule has 190 valence electrons. The number of hydrogen-bond acceptors (Lipinski definition) is 0. The van der Waals surface area contributed by atoms with Crippen LogP contribution in [0.2, 0.25) is 0 Å². The van der Waals surface area contributed by atoms with E-state index >= 15 is 0 Å². The van der Waals surface area contributed by atoms with Crippen molar-refractivity contribution < 1.29 is 0 Å². The molecule has 39 heavy (non-hydrogen) atoms. The zero-order valence-corrected chi connectivity index (χ0v) is 24.2. The molecule has 0 amide bonds. The Kier molecular flexibility index (Phi) is 7.67. The summed E-state index contributed by atoms with van der Waals surface area (Å²) in [6, 6.07) is 62.9. The SMILES string of the molecule is c1ccc(P(=S=P(c2ccccc2)(c2ccccc2)c2ccccc2)(c2ccccc2)c2ccccc2)cc1. The molecule has 0 spiro atoms. The molecular weight excluding hydrogens is 526 g/mol. The third kappa shape index (κ3) is 4.84. The third-order valence-electron chi connectivity index (χ3n) is 6.96. The van der Waals surface area contributed by atoms with Crippen LogP contribution >= 0.6 is 12.1 Å². The highest BCUT2D eigenvalue weighted by Gasteiger charge is 2.31. The summed E-state index contributed by atoms with van der Waals surface area (Å²) in [4.78, 5) is 0. The lowest BCUT2D eigenvalue weighted by molar-refractivity contribution is 1.73. The molecule has 0 heterocycles. The van der Waals surface area contributed by atoms with E-state index in [1.807, 2.05) is 0 Å². The Labute approximate surface area is 235 Å². The van der Waals surface area contributed by atoms with Crippen molar-refractivity contribution in [3.05, 3.63) is 182 Å². The predicted octanol–water partition coefficient (Wildman–Crippen LogP) is 6.89. The molecule has 0 atom stereocenters. The van der Waals surface area contributed by atoms with Crippen LogP contribution in [0.5, 0.6) is 0 Å². The van der Waals surface area contributed by atoms with Gasteiger partial charge in [-0.3, -0.25) is 0 Å². The molecule has 0 aliphatic carbocycles. The lowest BCUT2D eigenvalue weighted by atomic mass is 10.4. The zero-order valence-electron chi connectivity index (χ0n) is 21.6. The molecule has 0 radical (unpaired) electrons. The van der Waals surface area contributed by atoms with Crippen molar-refractivity contribution in [1.29, 1.82) is 0 Å². The van der Waals surface area contributed by atoms with E-state index < -0.39 is 12.1 Å². The Hall–Kier alpha value is -3.60. The maximum atomic E-state index is 2.34. The Morgan fingerprint density at radius 1 is 0.231 bits per heavy atom. The van der Waals surface area contributed by atoms with E-state index in [-0.39, 0.29) is 0 Å². The van der Waals surface area contributed by atoms with Crippen molar-refractivity contribution in [2.45, 2.75) is 0 Å². The largest absolute Gasteiger partial charge is 0.139 e. The summed E-state index contributed by atoms with van der Waals surface area (Å²) in [6.07, 6.45) is 0. The third-order valence-corrected chi connectivity index (χ3v) is 23.3. The molecule has 0 aliphatic heterocycles. The molecule has 0 saturated carbocycles. The van der Waals surface area contributed by atoms with Crippen LogP contribution in [0.25, 0.3) is 0 Å². The molecule has 0 fully saturated rings. The van der Waals surface area contributed by atoms with Crippen molar-refractivity contribution in [3.8, 4) is 0 Å². The molecule has 0 unspecified atom stereocenters. The smallest absolute Gasteiger partial charge is 0.0273 e. The molecule has 3 heteroatoms. The predicted molar refractivity (Wildman–Crippen MR) is 178 cm³/mol. The molecule has 0 aliphatic rings. The van der Waals surface area contributed by atoms with Crippen LogP contribution in [0.1, 0.15) is 0 Å². The van der Waals surface area contributed by atoms with Crippen molar-refractivity contribution >= 4 is 54.0 Å². The van der Waals surface area contributed by atoms with E-state index in [1.54, 1.807) is 0 Å². The minimum absolute atomic E-state index is 1.39. The van der Waals surface area contributed by atoms with Gasteiger partial charge in [-0.2, -0.15) is 0 Å². The monoisotopic (exact) mass is 556 g/mol. The van der Waals surface area contributed by atoms with Gasteiger partial charge < -0.3 is 0 Å². The van der Waals surface area contributed by atoms with Gasteiger partial charge in [0.2, 0.25) is 0 Å². The van der Waals surface area contributed by atoms with Gasteiger partial charge in [-0.05, 0) is 31.8 Å². The Morgan fingerprint density at radius 2 is 0.385 bits per heavy atom. The molecule has 6 aromatic carbocycles. The molecule has 0 bridgehead atoms. The van der Waals surface area contributed by atoms with Gasteiger partial charge >= 0.3 is 0 Å². The average molecular weight is 557 g/mol. The summed E-state index contributed by atoms with van der Waals surface area (Å²) in [6.45, 7) is 0. The standard InChI is InChI=1S/C36H30P2S/c1-7-19-31(20-8-1)37(32-21-9-2-10-22-32,33-23-11-3-12-24-33)39-38(34-25-13-4-14-26-34,35-27-15-5-16-28-35)36-29-17-6-18-30-36/h1-30H. The van der Waals surface area contributed by atoms with Gasteiger partial charge in [0.1, 0.15) is 0 Å². The lowest BCUT2D eigenvalue weighted by Crippen LogP contribution is -2.29. The van der Waals surface area contributed by atoms with Crippen LogP contribution in [0, 0.1) is 0 Å². The van der Waals surface area contributed by atoms with Crippen LogP contribution < -0.4 is 31.8 Å². The van der Waals surface area contributed by atoms with Crippen molar-refractivity contribution in [2.24, 2.45) is 0 Å². The summed E-state index contributed by atoms with van der Waals surface area (Å²) < 4.78 is 0. The van der Waals surface area contributed by atoms with E-state index in [1.165, 1.54) is 31.8 Å². The summed E-state index contributed by atoms with van der Waals surface area (Å²) in [5, 5.41) is 8.33. The number of benzene rings is 6. The van der Waals surface area contributed by atoms with E-state index in [4.69, 9.17) is 0 Å². The van der Waals surface area contributed by atoms with Gasteiger partial charge in [-0.15, -0.1) is 10.1 Å². The molecule has 0 saturated heterocycles. The zero-order chi connectivity index (χ0) is 26.4.